The number of aromatic hydroxyl groups is 1. The molecule has 1 aromatic rings. The van der Waals surface area contributed by atoms with Gasteiger partial charge in [0, 0.05) is 5.54 Å². The Bertz CT molecular complexity index is 372. The van der Waals surface area contributed by atoms with E-state index in [0.717, 1.165) is 12.8 Å². The fourth-order valence-corrected chi connectivity index (χ4v) is 1.66. The van der Waals surface area contributed by atoms with Gasteiger partial charge in [0.2, 0.25) is 0 Å². The predicted octanol–water partition coefficient (Wildman–Crippen LogP) is 1.87. The van der Waals surface area contributed by atoms with Crippen molar-refractivity contribution in [2.24, 2.45) is 5.73 Å². The van der Waals surface area contributed by atoms with E-state index in [1.165, 1.54) is 12.1 Å². The molecule has 1 saturated carbocycles. The van der Waals surface area contributed by atoms with Crippen LogP contribution in [0.25, 0.3) is 0 Å². The minimum Gasteiger partial charge on any atom is -0.507 e. The predicted molar refractivity (Wildman–Crippen MR) is 52.7 cm³/mol. The highest BCUT2D eigenvalue weighted by atomic mass is 19.1. The molecule has 14 heavy (non-hydrogen) atoms. The standard InChI is InChI=1S/C11H14FNO/c1-7-4-9(12)5-8(10(7)14)6-11(13)2-3-11/h4-5,14H,2-3,6,13H2,1H3. The molecule has 0 spiro atoms. The second-order valence-corrected chi connectivity index (χ2v) is 4.27. The number of hydrogen-bond donors (Lipinski definition) is 2. The Morgan fingerprint density at radius 3 is 2.71 bits per heavy atom. The molecule has 0 unspecified atom stereocenters. The number of rotatable bonds is 2. The van der Waals surface area contributed by atoms with E-state index in [2.05, 4.69) is 0 Å². The largest absolute Gasteiger partial charge is 0.507 e. The summed E-state index contributed by atoms with van der Waals surface area (Å²) in [6.45, 7) is 1.69. The van der Waals surface area contributed by atoms with E-state index in [0.29, 0.717) is 17.5 Å². The molecule has 0 saturated heterocycles. The van der Waals surface area contributed by atoms with E-state index >= 15 is 0 Å². The molecule has 1 aromatic carbocycles. The summed E-state index contributed by atoms with van der Waals surface area (Å²) in [4.78, 5) is 0. The van der Waals surface area contributed by atoms with Crippen LogP contribution in [0.15, 0.2) is 12.1 Å². The van der Waals surface area contributed by atoms with Gasteiger partial charge < -0.3 is 10.8 Å². The Kier molecular flexibility index (Phi) is 2.00. The van der Waals surface area contributed by atoms with Gasteiger partial charge in [-0.1, -0.05) is 0 Å². The molecule has 0 bridgehead atoms. The molecule has 0 aliphatic heterocycles. The third-order valence-electron chi connectivity index (χ3n) is 2.78. The molecule has 76 valence electrons. The van der Waals surface area contributed by atoms with Crippen molar-refractivity contribution in [1.29, 1.82) is 0 Å². The summed E-state index contributed by atoms with van der Waals surface area (Å²) in [5.74, 6) is -0.123. The number of hydrogen-bond acceptors (Lipinski definition) is 2. The first-order chi connectivity index (χ1) is 6.50. The van der Waals surface area contributed by atoms with Crippen LogP contribution in [-0.4, -0.2) is 10.6 Å². The number of halogens is 1. The third-order valence-corrected chi connectivity index (χ3v) is 2.78. The Balaban J connectivity index is 2.32. The average Bonchev–Trinajstić information content (AvgIpc) is 2.79. The Labute approximate surface area is 82.5 Å². The lowest BCUT2D eigenvalue weighted by Crippen LogP contribution is -2.24. The minimum atomic E-state index is -0.306. The van der Waals surface area contributed by atoms with Crippen LogP contribution in [0.4, 0.5) is 4.39 Å². The molecule has 0 heterocycles. The van der Waals surface area contributed by atoms with E-state index in [4.69, 9.17) is 5.73 Å². The molecule has 1 fully saturated rings. The van der Waals surface area contributed by atoms with E-state index in [-0.39, 0.29) is 17.1 Å². The van der Waals surface area contributed by atoms with Gasteiger partial charge in [-0.15, -0.1) is 0 Å². The van der Waals surface area contributed by atoms with Crippen molar-refractivity contribution in [2.75, 3.05) is 0 Å². The molecule has 2 nitrogen and oxygen atoms in total. The summed E-state index contributed by atoms with van der Waals surface area (Å²) in [6.07, 6.45) is 2.49. The molecule has 0 aromatic heterocycles. The highest BCUT2D eigenvalue weighted by Gasteiger charge is 2.38. The van der Waals surface area contributed by atoms with Crippen LogP contribution in [0.2, 0.25) is 0 Å². The van der Waals surface area contributed by atoms with Gasteiger partial charge in [-0.2, -0.15) is 0 Å². The fraction of sp³-hybridized carbons (Fsp3) is 0.455. The summed E-state index contributed by atoms with van der Waals surface area (Å²) in [6, 6.07) is 2.70. The molecule has 0 radical (unpaired) electrons. The first-order valence-corrected chi connectivity index (χ1v) is 4.77. The van der Waals surface area contributed by atoms with Crippen molar-refractivity contribution in [2.45, 2.75) is 31.7 Å². The van der Waals surface area contributed by atoms with Crippen molar-refractivity contribution in [3.63, 3.8) is 0 Å². The van der Waals surface area contributed by atoms with Crippen LogP contribution in [-0.2, 0) is 6.42 Å². The summed E-state index contributed by atoms with van der Waals surface area (Å²) in [5.41, 5.74) is 6.92. The van der Waals surface area contributed by atoms with Crippen LogP contribution >= 0.6 is 0 Å². The molecule has 3 heteroatoms. The lowest BCUT2D eigenvalue weighted by molar-refractivity contribution is 0.456. The molecular formula is C11H14FNO. The molecule has 0 amide bonds. The number of phenolic OH excluding ortho intramolecular Hbond substituents is 1. The maximum Gasteiger partial charge on any atom is 0.124 e. The van der Waals surface area contributed by atoms with Crippen LogP contribution in [0.5, 0.6) is 5.75 Å². The fourth-order valence-electron chi connectivity index (χ4n) is 1.66. The van der Waals surface area contributed by atoms with Gasteiger partial charge in [0.1, 0.15) is 11.6 Å². The van der Waals surface area contributed by atoms with E-state index in [1.54, 1.807) is 6.92 Å². The minimum absolute atomic E-state index is 0.183. The third kappa shape index (κ3) is 1.73. The molecular weight excluding hydrogens is 181 g/mol. The number of aryl methyl sites for hydroxylation is 1. The summed E-state index contributed by atoms with van der Waals surface area (Å²) in [7, 11) is 0. The normalized spacial score (nSPS) is 18.2. The summed E-state index contributed by atoms with van der Waals surface area (Å²) in [5, 5.41) is 9.69. The van der Waals surface area contributed by atoms with Crippen molar-refractivity contribution in [3.8, 4) is 5.75 Å². The molecule has 2 rings (SSSR count). The smallest absolute Gasteiger partial charge is 0.124 e. The van der Waals surface area contributed by atoms with Gasteiger partial charge in [-0.3, -0.25) is 0 Å². The van der Waals surface area contributed by atoms with Gasteiger partial charge >= 0.3 is 0 Å². The van der Waals surface area contributed by atoms with Gasteiger partial charge in [0.05, 0.1) is 0 Å². The number of phenols is 1. The maximum atomic E-state index is 13.1. The second kappa shape index (κ2) is 2.95. The van der Waals surface area contributed by atoms with Crippen LogP contribution in [0, 0.1) is 12.7 Å². The zero-order valence-corrected chi connectivity index (χ0v) is 8.18. The first kappa shape index (κ1) is 9.46. The van der Waals surface area contributed by atoms with Gasteiger partial charge in [-0.05, 0) is 49.4 Å². The quantitative estimate of drug-likeness (QED) is 0.756. The highest BCUT2D eigenvalue weighted by molar-refractivity contribution is 5.41. The Morgan fingerprint density at radius 1 is 1.50 bits per heavy atom. The average molecular weight is 195 g/mol. The van der Waals surface area contributed by atoms with Gasteiger partial charge in [-0.25, -0.2) is 4.39 Å². The van der Waals surface area contributed by atoms with E-state index < -0.39 is 0 Å². The monoisotopic (exact) mass is 195 g/mol. The van der Waals surface area contributed by atoms with Gasteiger partial charge in [0.25, 0.3) is 0 Å². The Morgan fingerprint density at radius 2 is 2.14 bits per heavy atom. The SMILES string of the molecule is Cc1cc(F)cc(CC2(N)CC2)c1O. The summed E-state index contributed by atoms with van der Waals surface area (Å²) >= 11 is 0. The van der Waals surface area contributed by atoms with Crippen LogP contribution in [0.3, 0.4) is 0 Å². The van der Waals surface area contributed by atoms with Crippen LogP contribution in [0.1, 0.15) is 24.0 Å². The molecule has 0 atom stereocenters. The van der Waals surface area contributed by atoms with Crippen molar-refractivity contribution in [3.05, 3.63) is 29.1 Å². The zero-order chi connectivity index (χ0) is 10.3. The maximum absolute atomic E-state index is 13.1. The van der Waals surface area contributed by atoms with Crippen molar-refractivity contribution < 1.29 is 9.50 Å². The van der Waals surface area contributed by atoms with Crippen LogP contribution < -0.4 is 5.73 Å². The topological polar surface area (TPSA) is 46.2 Å². The highest BCUT2D eigenvalue weighted by Crippen LogP contribution is 2.38. The second-order valence-electron chi connectivity index (χ2n) is 4.27. The van der Waals surface area contributed by atoms with E-state index in [9.17, 15) is 9.50 Å². The Hall–Kier alpha value is -1.09. The number of nitrogens with two attached hydrogens (primary N) is 1. The summed E-state index contributed by atoms with van der Waals surface area (Å²) < 4.78 is 13.1. The lowest BCUT2D eigenvalue weighted by Gasteiger charge is -2.11. The molecule has 3 N–H and O–H groups in total. The van der Waals surface area contributed by atoms with Gasteiger partial charge in [0.15, 0.2) is 0 Å². The van der Waals surface area contributed by atoms with E-state index in [1.807, 2.05) is 0 Å². The van der Waals surface area contributed by atoms with Crippen molar-refractivity contribution in [1.82, 2.24) is 0 Å². The zero-order valence-electron chi connectivity index (χ0n) is 8.18. The first-order valence-electron chi connectivity index (χ1n) is 4.77. The van der Waals surface area contributed by atoms with Crippen molar-refractivity contribution >= 4 is 0 Å². The molecule has 1 aliphatic rings. The molecule has 1 aliphatic carbocycles. The number of benzene rings is 1. The lowest BCUT2D eigenvalue weighted by atomic mass is 10.0.